The molecule has 1 saturated heterocycles. The second-order valence-electron chi connectivity index (χ2n) is 6.56. The number of thiazole rings is 1. The molecule has 28 heavy (non-hydrogen) atoms. The van der Waals surface area contributed by atoms with E-state index in [0.717, 1.165) is 18.5 Å². The van der Waals surface area contributed by atoms with E-state index in [2.05, 4.69) is 15.6 Å². The van der Waals surface area contributed by atoms with E-state index < -0.39 is 0 Å². The molecule has 8 nitrogen and oxygen atoms in total. The molecule has 3 rings (SSSR count). The number of carbonyl (C=O) groups is 2. The van der Waals surface area contributed by atoms with Gasteiger partial charge in [0.15, 0.2) is 5.13 Å². The van der Waals surface area contributed by atoms with Crippen molar-refractivity contribution in [3.63, 3.8) is 0 Å². The Bertz CT molecular complexity index is 832. The zero-order chi connectivity index (χ0) is 20.1. The number of rotatable bonds is 6. The molecule has 2 heterocycles. The van der Waals surface area contributed by atoms with Gasteiger partial charge in [-0.05, 0) is 12.8 Å². The zero-order valence-electron chi connectivity index (χ0n) is 16.2. The summed E-state index contributed by atoms with van der Waals surface area (Å²) >= 11 is 1.25. The maximum atomic E-state index is 12.8. The van der Waals surface area contributed by atoms with Gasteiger partial charge < -0.3 is 25.0 Å². The number of hydrogen-bond donors (Lipinski definition) is 2. The first-order valence-corrected chi connectivity index (χ1v) is 9.88. The molecule has 2 N–H and O–H groups in total. The third-order valence-corrected chi connectivity index (χ3v) is 5.19. The van der Waals surface area contributed by atoms with Crippen LogP contribution in [0, 0.1) is 0 Å². The molecule has 150 valence electrons. The van der Waals surface area contributed by atoms with Crippen molar-refractivity contribution in [2.45, 2.75) is 25.8 Å². The van der Waals surface area contributed by atoms with E-state index in [4.69, 9.17) is 9.47 Å². The van der Waals surface area contributed by atoms with Gasteiger partial charge in [0.05, 0.1) is 14.2 Å². The van der Waals surface area contributed by atoms with E-state index in [0.29, 0.717) is 35.4 Å². The van der Waals surface area contributed by atoms with Crippen LogP contribution in [0.4, 0.5) is 10.8 Å². The third kappa shape index (κ3) is 4.92. The Kier molecular flexibility index (Phi) is 6.35. The van der Waals surface area contributed by atoms with E-state index in [1.54, 1.807) is 24.5 Å². The first-order chi connectivity index (χ1) is 13.5. The number of methoxy groups -OCH3 is 2. The summed E-state index contributed by atoms with van der Waals surface area (Å²) in [5, 5.41) is 8.19. The fourth-order valence-electron chi connectivity index (χ4n) is 3.15. The molecule has 1 aliphatic rings. The number of likely N-dealkylation sites (tertiary alicyclic amines) is 1. The third-order valence-electron chi connectivity index (χ3n) is 4.44. The highest BCUT2D eigenvalue weighted by Gasteiger charge is 2.26. The van der Waals surface area contributed by atoms with Crippen molar-refractivity contribution in [3.05, 3.63) is 29.3 Å². The highest BCUT2D eigenvalue weighted by atomic mass is 32.1. The average molecular weight is 404 g/mol. The molecular formula is C19H24N4O4S. The fourth-order valence-corrected chi connectivity index (χ4v) is 3.88. The van der Waals surface area contributed by atoms with Crippen LogP contribution in [-0.4, -0.2) is 55.0 Å². The minimum atomic E-state index is -0.204. The van der Waals surface area contributed by atoms with E-state index in [1.807, 2.05) is 18.2 Å². The topological polar surface area (TPSA) is 92.8 Å². The molecule has 2 amide bonds. The number of aromatic nitrogens is 1. The predicted molar refractivity (Wildman–Crippen MR) is 109 cm³/mol. The average Bonchev–Trinajstić information content (AvgIpc) is 3.15. The minimum Gasteiger partial charge on any atom is -0.497 e. The second-order valence-corrected chi connectivity index (χ2v) is 7.41. The Balaban J connectivity index is 1.66. The Morgan fingerprint density at radius 3 is 2.57 bits per heavy atom. The predicted octanol–water partition coefficient (Wildman–Crippen LogP) is 2.84. The standard InChI is InChI=1S/C19H24N4O4S/c1-12(24)20-19-22-17(11-28-19)18(25)23-6-4-5-13(10-23)21-14-7-15(26-2)9-16(8-14)27-3/h7-9,11,13,21H,4-6,10H2,1-3H3,(H,20,22,24)/t13-/m0/s1. The Hall–Kier alpha value is -2.81. The van der Waals surface area contributed by atoms with Crippen LogP contribution in [0.15, 0.2) is 23.6 Å². The number of benzene rings is 1. The molecule has 9 heteroatoms. The minimum absolute atomic E-state index is 0.114. The number of amides is 2. The van der Waals surface area contributed by atoms with Crippen molar-refractivity contribution in [3.8, 4) is 11.5 Å². The van der Waals surface area contributed by atoms with Gasteiger partial charge in [-0.2, -0.15) is 0 Å². The molecule has 0 aliphatic carbocycles. The fraction of sp³-hybridized carbons (Fsp3) is 0.421. The summed E-state index contributed by atoms with van der Waals surface area (Å²) in [4.78, 5) is 29.9. The number of piperidine rings is 1. The monoisotopic (exact) mass is 404 g/mol. The van der Waals surface area contributed by atoms with E-state index in [1.165, 1.54) is 18.3 Å². The van der Waals surface area contributed by atoms with Crippen LogP contribution in [0.1, 0.15) is 30.3 Å². The summed E-state index contributed by atoms with van der Waals surface area (Å²) in [6.45, 7) is 2.67. The van der Waals surface area contributed by atoms with Crippen molar-refractivity contribution in [2.24, 2.45) is 0 Å². The van der Waals surface area contributed by atoms with Gasteiger partial charge in [-0.3, -0.25) is 9.59 Å². The number of carbonyl (C=O) groups excluding carboxylic acids is 2. The number of anilines is 2. The number of nitrogens with zero attached hydrogens (tertiary/aromatic N) is 2. The van der Waals surface area contributed by atoms with Gasteiger partial charge >= 0.3 is 0 Å². The summed E-state index contributed by atoms with van der Waals surface area (Å²) in [5.74, 6) is 1.09. The molecule has 1 aromatic carbocycles. The maximum Gasteiger partial charge on any atom is 0.273 e. The Morgan fingerprint density at radius 2 is 1.93 bits per heavy atom. The van der Waals surface area contributed by atoms with Gasteiger partial charge in [-0.1, -0.05) is 0 Å². The van der Waals surface area contributed by atoms with Crippen LogP contribution in [0.25, 0.3) is 0 Å². The molecule has 0 saturated carbocycles. The molecular weight excluding hydrogens is 380 g/mol. The second kappa shape index (κ2) is 8.92. The quantitative estimate of drug-likeness (QED) is 0.769. The smallest absolute Gasteiger partial charge is 0.273 e. The van der Waals surface area contributed by atoms with Gasteiger partial charge in [0.1, 0.15) is 17.2 Å². The Morgan fingerprint density at radius 1 is 1.21 bits per heavy atom. The highest BCUT2D eigenvalue weighted by Crippen LogP contribution is 2.27. The summed E-state index contributed by atoms with van der Waals surface area (Å²) in [6.07, 6.45) is 1.85. The van der Waals surface area contributed by atoms with Crippen LogP contribution in [0.2, 0.25) is 0 Å². The van der Waals surface area contributed by atoms with Crippen molar-refractivity contribution >= 4 is 34.0 Å². The van der Waals surface area contributed by atoms with Crippen LogP contribution in [0.3, 0.4) is 0 Å². The molecule has 1 fully saturated rings. The molecule has 0 unspecified atom stereocenters. The lowest BCUT2D eigenvalue weighted by molar-refractivity contribution is -0.114. The van der Waals surface area contributed by atoms with E-state index >= 15 is 0 Å². The van der Waals surface area contributed by atoms with Gasteiger partial charge in [0.25, 0.3) is 5.91 Å². The summed E-state index contributed by atoms with van der Waals surface area (Å²) in [5.41, 5.74) is 1.24. The Labute approximate surface area is 167 Å². The first-order valence-electron chi connectivity index (χ1n) is 9.00. The largest absolute Gasteiger partial charge is 0.497 e. The highest BCUT2D eigenvalue weighted by molar-refractivity contribution is 7.14. The van der Waals surface area contributed by atoms with Gasteiger partial charge in [-0.15, -0.1) is 11.3 Å². The number of hydrogen-bond acceptors (Lipinski definition) is 7. The normalized spacial score (nSPS) is 16.4. The molecule has 0 spiro atoms. The molecule has 2 aromatic rings. The van der Waals surface area contributed by atoms with Gasteiger partial charge in [-0.25, -0.2) is 4.98 Å². The van der Waals surface area contributed by atoms with Crippen LogP contribution in [0.5, 0.6) is 11.5 Å². The molecule has 0 radical (unpaired) electrons. The SMILES string of the molecule is COc1cc(N[C@H]2CCCN(C(=O)c3csc(NC(C)=O)n3)C2)cc(OC)c1. The van der Waals surface area contributed by atoms with E-state index in [9.17, 15) is 9.59 Å². The summed E-state index contributed by atoms with van der Waals surface area (Å²) < 4.78 is 10.6. The van der Waals surface area contributed by atoms with E-state index in [-0.39, 0.29) is 17.9 Å². The summed E-state index contributed by atoms with van der Waals surface area (Å²) in [7, 11) is 3.23. The lowest BCUT2D eigenvalue weighted by Gasteiger charge is -2.33. The zero-order valence-corrected chi connectivity index (χ0v) is 17.0. The van der Waals surface area contributed by atoms with Crippen molar-refractivity contribution in [2.75, 3.05) is 37.9 Å². The number of nitrogens with one attached hydrogen (secondary N) is 2. The van der Waals surface area contributed by atoms with Crippen molar-refractivity contribution in [1.82, 2.24) is 9.88 Å². The van der Waals surface area contributed by atoms with Crippen LogP contribution in [-0.2, 0) is 4.79 Å². The van der Waals surface area contributed by atoms with Crippen molar-refractivity contribution < 1.29 is 19.1 Å². The van der Waals surface area contributed by atoms with Gasteiger partial charge in [0, 0.05) is 55.3 Å². The van der Waals surface area contributed by atoms with Gasteiger partial charge in [0.2, 0.25) is 5.91 Å². The lowest BCUT2D eigenvalue weighted by Crippen LogP contribution is -2.45. The molecule has 1 aromatic heterocycles. The molecule has 1 atom stereocenters. The maximum absolute atomic E-state index is 12.8. The van der Waals surface area contributed by atoms with Crippen LogP contribution >= 0.6 is 11.3 Å². The first kappa shape index (κ1) is 19.9. The molecule has 0 bridgehead atoms. The van der Waals surface area contributed by atoms with Crippen molar-refractivity contribution in [1.29, 1.82) is 0 Å². The number of ether oxygens (including phenoxy) is 2. The lowest BCUT2D eigenvalue weighted by atomic mass is 10.0. The van der Waals surface area contributed by atoms with Crippen LogP contribution < -0.4 is 20.1 Å². The molecule has 1 aliphatic heterocycles. The summed E-state index contributed by atoms with van der Waals surface area (Å²) in [6, 6.07) is 5.74.